The van der Waals surface area contributed by atoms with Crippen LogP contribution in [0.5, 0.6) is 0 Å². The molecule has 2 aromatic carbocycles. The molecule has 2 heterocycles. The van der Waals surface area contributed by atoms with E-state index in [1.807, 2.05) is 24.3 Å². The number of carbonyl (C=O) groups excluding carboxylic acids is 1. The molecule has 4 rings (SSSR count). The number of fused-ring (bicyclic) bond motifs is 3. The van der Waals surface area contributed by atoms with Crippen LogP contribution in [0.4, 0.5) is 5.69 Å². The maximum atomic E-state index is 12.0. The van der Waals surface area contributed by atoms with Gasteiger partial charge in [-0.1, -0.05) is 35.5 Å². The lowest BCUT2D eigenvalue weighted by atomic mass is 9.87. The maximum absolute atomic E-state index is 12.0. The van der Waals surface area contributed by atoms with Crippen LogP contribution in [0.3, 0.4) is 0 Å². The van der Waals surface area contributed by atoms with E-state index >= 15 is 0 Å². The molecule has 0 saturated heterocycles. The van der Waals surface area contributed by atoms with Gasteiger partial charge < -0.3 is 15.4 Å². The minimum atomic E-state index is -0.339. The van der Waals surface area contributed by atoms with Gasteiger partial charge in [0.2, 0.25) is 0 Å². The average Bonchev–Trinajstić information content (AvgIpc) is 2.89. The van der Waals surface area contributed by atoms with Crippen LogP contribution in [-0.2, 0) is 17.8 Å². The van der Waals surface area contributed by atoms with Gasteiger partial charge in [0.05, 0.1) is 5.69 Å². The maximum Gasteiger partial charge on any atom is 0.278 e. The molecule has 5 heteroatoms. The summed E-state index contributed by atoms with van der Waals surface area (Å²) >= 11 is 0. The van der Waals surface area contributed by atoms with Crippen LogP contribution in [0.1, 0.15) is 16.7 Å². The summed E-state index contributed by atoms with van der Waals surface area (Å²) < 4.78 is 0. The van der Waals surface area contributed by atoms with Crippen molar-refractivity contribution in [2.75, 3.05) is 18.9 Å². The second-order valence-corrected chi connectivity index (χ2v) is 6.06. The van der Waals surface area contributed by atoms with Crippen LogP contribution in [-0.4, -0.2) is 35.3 Å². The summed E-state index contributed by atoms with van der Waals surface area (Å²) in [5, 5.41) is 15.3. The molecule has 2 aromatic rings. The van der Waals surface area contributed by atoms with Crippen LogP contribution >= 0.6 is 0 Å². The summed E-state index contributed by atoms with van der Waals surface area (Å²) in [6.45, 7) is 1.79. The van der Waals surface area contributed by atoms with Gasteiger partial charge >= 0.3 is 0 Å². The van der Waals surface area contributed by atoms with Gasteiger partial charge in [-0.25, -0.2) is 0 Å². The Labute approximate surface area is 134 Å². The highest BCUT2D eigenvalue weighted by Gasteiger charge is 2.33. The molecule has 0 atom stereocenters. The zero-order valence-corrected chi connectivity index (χ0v) is 12.8. The lowest BCUT2D eigenvalue weighted by Crippen LogP contribution is -2.27. The van der Waals surface area contributed by atoms with Crippen LogP contribution in [0.2, 0.25) is 0 Å². The summed E-state index contributed by atoms with van der Waals surface area (Å²) in [6.07, 6.45) is 0.869. The van der Waals surface area contributed by atoms with E-state index in [9.17, 15) is 10.0 Å². The van der Waals surface area contributed by atoms with Gasteiger partial charge in [-0.3, -0.25) is 4.79 Å². The summed E-state index contributed by atoms with van der Waals surface area (Å²) in [6, 6.07) is 12.1. The Morgan fingerprint density at radius 2 is 1.96 bits per heavy atom. The Balaban J connectivity index is 2.00. The third-order valence-electron chi connectivity index (χ3n) is 4.61. The monoisotopic (exact) mass is 307 g/mol. The molecular formula is C18H17N3O2. The molecule has 0 bridgehead atoms. The van der Waals surface area contributed by atoms with Gasteiger partial charge in [0.15, 0.2) is 5.71 Å². The number of hydrogen-bond acceptors (Lipinski definition) is 4. The van der Waals surface area contributed by atoms with E-state index in [1.54, 1.807) is 0 Å². The fourth-order valence-corrected chi connectivity index (χ4v) is 3.49. The zero-order valence-electron chi connectivity index (χ0n) is 12.8. The first kappa shape index (κ1) is 14.0. The van der Waals surface area contributed by atoms with E-state index in [0.717, 1.165) is 41.9 Å². The number of hydrogen-bond donors (Lipinski definition) is 2. The zero-order chi connectivity index (χ0) is 16.0. The quantitative estimate of drug-likeness (QED) is 0.628. The van der Waals surface area contributed by atoms with Crippen molar-refractivity contribution in [1.82, 2.24) is 4.90 Å². The Morgan fingerprint density at radius 1 is 1.17 bits per heavy atom. The van der Waals surface area contributed by atoms with Gasteiger partial charge in [0.1, 0.15) is 0 Å². The van der Waals surface area contributed by atoms with Crippen molar-refractivity contribution in [3.63, 3.8) is 0 Å². The van der Waals surface area contributed by atoms with E-state index in [2.05, 4.69) is 34.6 Å². The Hall–Kier alpha value is -2.66. The molecule has 5 nitrogen and oxygen atoms in total. The van der Waals surface area contributed by atoms with Crippen molar-refractivity contribution in [1.29, 1.82) is 0 Å². The Bertz CT molecular complexity index is 828. The van der Waals surface area contributed by atoms with Crippen molar-refractivity contribution < 1.29 is 10.0 Å². The van der Waals surface area contributed by atoms with E-state index in [4.69, 9.17) is 0 Å². The third kappa shape index (κ3) is 2.12. The fourth-order valence-electron chi connectivity index (χ4n) is 3.49. The normalized spacial score (nSPS) is 18.7. The van der Waals surface area contributed by atoms with E-state index in [-0.39, 0.29) is 11.6 Å². The van der Waals surface area contributed by atoms with Crippen LogP contribution in [0.15, 0.2) is 41.6 Å². The highest BCUT2D eigenvalue weighted by Crippen LogP contribution is 2.39. The predicted molar refractivity (Wildman–Crippen MR) is 88.9 cm³/mol. The minimum Gasteiger partial charge on any atom is -0.410 e. The Kier molecular flexibility index (Phi) is 3.16. The third-order valence-corrected chi connectivity index (χ3v) is 4.61. The predicted octanol–water partition coefficient (Wildman–Crippen LogP) is 2.47. The lowest BCUT2D eigenvalue weighted by molar-refractivity contribution is -0.110. The molecule has 2 N–H and O–H groups in total. The second-order valence-electron chi connectivity index (χ2n) is 6.06. The topological polar surface area (TPSA) is 64.9 Å². The number of oxime groups is 1. The van der Waals surface area contributed by atoms with Gasteiger partial charge in [-0.05, 0) is 41.8 Å². The average molecular weight is 307 g/mol. The molecule has 2 aliphatic heterocycles. The van der Waals surface area contributed by atoms with Crippen LogP contribution < -0.4 is 5.32 Å². The van der Waals surface area contributed by atoms with E-state index < -0.39 is 0 Å². The van der Waals surface area contributed by atoms with Gasteiger partial charge in [0.25, 0.3) is 5.91 Å². The summed E-state index contributed by atoms with van der Waals surface area (Å²) in [5.74, 6) is -0.339. The number of benzene rings is 2. The summed E-state index contributed by atoms with van der Waals surface area (Å²) in [7, 11) is 2.10. The van der Waals surface area contributed by atoms with Crippen molar-refractivity contribution in [2.24, 2.45) is 5.16 Å². The lowest BCUT2D eigenvalue weighted by Gasteiger charge is -2.29. The molecule has 0 spiro atoms. The molecule has 0 aliphatic carbocycles. The van der Waals surface area contributed by atoms with E-state index in [0.29, 0.717) is 5.56 Å². The first-order valence-corrected chi connectivity index (χ1v) is 7.65. The number of amides is 1. The number of rotatable bonds is 1. The SMILES string of the molecule is CN1CCc2c(c(-c3ccccc3)cc3c2NC(=O)/C3=N\O)C1. The Morgan fingerprint density at radius 3 is 2.70 bits per heavy atom. The van der Waals surface area contributed by atoms with Gasteiger partial charge in [-0.15, -0.1) is 0 Å². The molecule has 0 fully saturated rings. The van der Waals surface area contributed by atoms with Crippen LogP contribution in [0, 0.1) is 0 Å². The van der Waals surface area contributed by atoms with Crippen molar-refractivity contribution in [3.8, 4) is 11.1 Å². The van der Waals surface area contributed by atoms with Crippen molar-refractivity contribution in [2.45, 2.75) is 13.0 Å². The molecule has 0 saturated carbocycles. The molecule has 0 aromatic heterocycles. The number of likely N-dealkylation sites (N-methyl/N-ethyl adjacent to an activating group) is 1. The molecule has 2 aliphatic rings. The summed E-state index contributed by atoms with van der Waals surface area (Å²) in [5.41, 5.74) is 6.21. The molecular weight excluding hydrogens is 290 g/mol. The highest BCUT2D eigenvalue weighted by atomic mass is 16.4. The largest absolute Gasteiger partial charge is 0.410 e. The number of anilines is 1. The number of carbonyl (C=O) groups is 1. The second kappa shape index (κ2) is 5.21. The van der Waals surface area contributed by atoms with Gasteiger partial charge in [-0.2, -0.15) is 0 Å². The molecule has 116 valence electrons. The number of nitrogens with one attached hydrogen (secondary N) is 1. The molecule has 0 radical (unpaired) electrons. The highest BCUT2D eigenvalue weighted by molar-refractivity contribution is 6.54. The summed E-state index contributed by atoms with van der Waals surface area (Å²) in [4.78, 5) is 14.3. The molecule has 0 unspecified atom stereocenters. The van der Waals surface area contributed by atoms with Crippen LogP contribution in [0.25, 0.3) is 11.1 Å². The van der Waals surface area contributed by atoms with Crippen molar-refractivity contribution in [3.05, 3.63) is 53.1 Å². The smallest absolute Gasteiger partial charge is 0.278 e. The fraction of sp³-hybridized carbons (Fsp3) is 0.222. The van der Waals surface area contributed by atoms with E-state index in [1.165, 1.54) is 5.56 Å². The number of nitrogens with zero attached hydrogens (tertiary/aromatic N) is 2. The van der Waals surface area contributed by atoms with Crippen molar-refractivity contribution >= 4 is 17.3 Å². The standard InChI is InChI=1S/C18H17N3O2/c1-21-8-7-12-15(10-21)13(11-5-3-2-4-6-11)9-14-16(12)19-18(22)17(14)20-23/h2-6,9,23H,7-8,10H2,1H3,(H,19,20,22). The minimum absolute atomic E-state index is 0.0962. The first-order valence-electron chi connectivity index (χ1n) is 7.65. The molecule has 1 amide bonds. The first-order chi connectivity index (χ1) is 11.2. The van der Waals surface area contributed by atoms with Gasteiger partial charge in [0, 0.05) is 18.7 Å². The molecule has 23 heavy (non-hydrogen) atoms.